The lowest BCUT2D eigenvalue weighted by Gasteiger charge is -1.99. The Kier molecular flexibility index (Phi) is 2.45. The summed E-state index contributed by atoms with van der Waals surface area (Å²) in [7, 11) is 0. The molecule has 6 heteroatoms. The SMILES string of the molecule is O=C(O)c1ccn2c(-c3ccc(Br)o3)ncc2c1. The first-order chi connectivity index (χ1) is 8.65. The van der Waals surface area contributed by atoms with Gasteiger partial charge in [0.15, 0.2) is 16.3 Å². The second-order valence-corrected chi connectivity index (χ2v) is 4.48. The van der Waals surface area contributed by atoms with Crippen molar-refractivity contribution in [3.8, 4) is 11.6 Å². The van der Waals surface area contributed by atoms with Crippen LogP contribution in [0.1, 0.15) is 10.4 Å². The fourth-order valence-electron chi connectivity index (χ4n) is 1.75. The number of carboxylic acid groups (broad SMARTS) is 1. The molecule has 5 nitrogen and oxygen atoms in total. The monoisotopic (exact) mass is 306 g/mol. The first-order valence-corrected chi connectivity index (χ1v) is 5.90. The van der Waals surface area contributed by atoms with Gasteiger partial charge < -0.3 is 9.52 Å². The lowest BCUT2D eigenvalue weighted by atomic mass is 10.2. The summed E-state index contributed by atoms with van der Waals surface area (Å²) in [5.74, 6) is 0.290. The number of pyridine rings is 1. The highest BCUT2D eigenvalue weighted by Gasteiger charge is 2.11. The molecule has 0 bridgehead atoms. The fourth-order valence-corrected chi connectivity index (χ4v) is 2.06. The molecule has 0 atom stereocenters. The van der Waals surface area contributed by atoms with E-state index in [0.717, 1.165) is 0 Å². The zero-order valence-corrected chi connectivity index (χ0v) is 10.6. The van der Waals surface area contributed by atoms with Crippen LogP contribution in [0.5, 0.6) is 0 Å². The first-order valence-electron chi connectivity index (χ1n) is 5.11. The van der Waals surface area contributed by atoms with Crippen LogP contribution in [0.25, 0.3) is 17.1 Å². The number of carbonyl (C=O) groups is 1. The lowest BCUT2D eigenvalue weighted by molar-refractivity contribution is 0.0697. The van der Waals surface area contributed by atoms with Crippen LogP contribution < -0.4 is 0 Å². The smallest absolute Gasteiger partial charge is 0.335 e. The molecule has 90 valence electrons. The Morgan fingerprint density at radius 3 is 2.89 bits per heavy atom. The number of carboxylic acids is 1. The number of nitrogens with zero attached hydrogens (tertiary/aromatic N) is 2. The summed E-state index contributed by atoms with van der Waals surface area (Å²) in [5.41, 5.74) is 0.937. The van der Waals surface area contributed by atoms with Crippen molar-refractivity contribution in [2.24, 2.45) is 0 Å². The van der Waals surface area contributed by atoms with Crippen LogP contribution in [-0.2, 0) is 0 Å². The standard InChI is InChI=1S/C12H7BrN2O3/c13-10-2-1-9(18-10)11-14-6-8-5-7(12(16)17)3-4-15(8)11/h1-6H,(H,16,17). The number of hydrogen-bond donors (Lipinski definition) is 1. The molecule has 3 aromatic heterocycles. The van der Waals surface area contributed by atoms with Crippen LogP contribution in [0.3, 0.4) is 0 Å². The lowest BCUT2D eigenvalue weighted by Crippen LogP contribution is -1.97. The molecule has 3 aromatic rings. The van der Waals surface area contributed by atoms with E-state index in [1.807, 2.05) is 0 Å². The van der Waals surface area contributed by atoms with Crippen molar-refractivity contribution in [1.29, 1.82) is 0 Å². The number of aromatic carboxylic acids is 1. The molecular weight excluding hydrogens is 300 g/mol. The molecular formula is C12H7BrN2O3. The Morgan fingerprint density at radius 2 is 2.22 bits per heavy atom. The van der Waals surface area contributed by atoms with E-state index in [1.54, 1.807) is 35.0 Å². The topological polar surface area (TPSA) is 67.7 Å². The molecule has 0 saturated carbocycles. The van der Waals surface area contributed by atoms with Crippen molar-refractivity contribution in [2.45, 2.75) is 0 Å². The van der Waals surface area contributed by atoms with Gasteiger partial charge in [-0.2, -0.15) is 0 Å². The number of furan rings is 1. The van der Waals surface area contributed by atoms with Gasteiger partial charge in [0.25, 0.3) is 0 Å². The molecule has 18 heavy (non-hydrogen) atoms. The third kappa shape index (κ3) is 1.70. The molecule has 3 heterocycles. The molecule has 0 spiro atoms. The molecule has 0 radical (unpaired) electrons. The fraction of sp³-hybridized carbons (Fsp3) is 0. The summed E-state index contributed by atoms with van der Waals surface area (Å²) in [6, 6.07) is 6.67. The number of rotatable bonds is 2. The molecule has 0 aliphatic heterocycles. The second-order valence-electron chi connectivity index (χ2n) is 3.70. The van der Waals surface area contributed by atoms with E-state index in [4.69, 9.17) is 9.52 Å². The van der Waals surface area contributed by atoms with Gasteiger partial charge in [0.05, 0.1) is 17.3 Å². The van der Waals surface area contributed by atoms with Crippen LogP contribution in [-0.4, -0.2) is 20.5 Å². The first kappa shape index (κ1) is 11.0. The predicted octanol–water partition coefficient (Wildman–Crippen LogP) is 3.06. The Hall–Kier alpha value is -2.08. The summed E-state index contributed by atoms with van der Waals surface area (Å²) in [5, 5.41) is 8.92. The van der Waals surface area contributed by atoms with Crippen LogP contribution in [0.4, 0.5) is 0 Å². The zero-order valence-electron chi connectivity index (χ0n) is 9.00. The average Bonchev–Trinajstić information content (AvgIpc) is 2.93. The van der Waals surface area contributed by atoms with Crippen molar-refractivity contribution in [3.63, 3.8) is 0 Å². The van der Waals surface area contributed by atoms with E-state index in [0.29, 0.717) is 21.8 Å². The van der Waals surface area contributed by atoms with Gasteiger partial charge >= 0.3 is 5.97 Å². The quantitative estimate of drug-likeness (QED) is 0.790. The maximum absolute atomic E-state index is 10.9. The summed E-state index contributed by atoms with van der Waals surface area (Å²) in [6.45, 7) is 0. The highest BCUT2D eigenvalue weighted by atomic mass is 79.9. The van der Waals surface area contributed by atoms with Crippen LogP contribution in [0.2, 0.25) is 0 Å². The average molecular weight is 307 g/mol. The van der Waals surface area contributed by atoms with Crippen molar-refractivity contribution in [2.75, 3.05) is 0 Å². The normalized spacial score (nSPS) is 10.9. The number of hydrogen-bond acceptors (Lipinski definition) is 3. The molecule has 0 saturated heterocycles. The van der Waals surface area contributed by atoms with Crippen molar-refractivity contribution in [3.05, 3.63) is 46.9 Å². The maximum Gasteiger partial charge on any atom is 0.335 e. The zero-order chi connectivity index (χ0) is 12.7. The maximum atomic E-state index is 10.9. The van der Waals surface area contributed by atoms with E-state index in [2.05, 4.69) is 20.9 Å². The van der Waals surface area contributed by atoms with Gasteiger partial charge in [0.2, 0.25) is 0 Å². The van der Waals surface area contributed by atoms with Gasteiger partial charge in [-0.05, 0) is 40.2 Å². The summed E-state index contributed by atoms with van der Waals surface area (Å²) in [4.78, 5) is 15.1. The molecule has 0 aliphatic carbocycles. The van der Waals surface area contributed by atoms with E-state index in [-0.39, 0.29) is 5.56 Å². The van der Waals surface area contributed by atoms with Gasteiger partial charge in [-0.25, -0.2) is 9.78 Å². The molecule has 0 aromatic carbocycles. The van der Waals surface area contributed by atoms with Crippen molar-refractivity contribution >= 4 is 27.4 Å². The molecule has 0 unspecified atom stereocenters. The molecule has 0 aliphatic rings. The third-order valence-electron chi connectivity index (χ3n) is 2.57. The van der Waals surface area contributed by atoms with Gasteiger partial charge in [-0.3, -0.25) is 4.40 Å². The Labute approximate surface area is 110 Å². The van der Waals surface area contributed by atoms with Gasteiger partial charge in [0, 0.05) is 6.20 Å². The van der Waals surface area contributed by atoms with Crippen molar-refractivity contribution < 1.29 is 14.3 Å². The molecule has 3 rings (SSSR count). The number of imidazole rings is 1. The van der Waals surface area contributed by atoms with E-state index < -0.39 is 5.97 Å². The largest absolute Gasteiger partial charge is 0.478 e. The van der Waals surface area contributed by atoms with E-state index in [1.165, 1.54) is 6.07 Å². The Balaban J connectivity index is 2.18. The Morgan fingerprint density at radius 1 is 1.39 bits per heavy atom. The second kappa shape index (κ2) is 3.99. The van der Waals surface area contributed by atoms with E-state index >= 15 is 0 Å². The summed E-state index contributed by atoms with van der Waals surface area (Å²) < 4.78 is 7.83. The Bertz CT molecular complexity index is 745. The minimum Gasteiger partial charge on any atom is -0.478 e. The van der Waals surface area contributed by atoms with Gasteiger partial charge in [-0.15, -0.1) is 0 Å². The number of fused-ring (bicyclic) bond motifs is 1. The van der Waals surface area contributed by atoms with Crippen LogP contribution >= 0.6 is 15.9 Å². The highest BCUT2D eigenvalue weighted by Crippen LogP contribution is 2.25. The van der Waals surface area contributed by atoms with Gasteiger partial charge in [0.1, 0.15) is 0 Å². The summed E-state index contributed by atoms with van der Waals surface area (Å²) in [6.07, 6.45) is 3.27. The van der Waals surface area contributed by atoms with E-state index in [9.17, 15) is 4.79 Å². The number of halogens is 1. The summed E-state index contributed by atoms with van der Waals surface area (Å²) >= 11 is 3.23. The third-order valence-corrected chi connectivity index (χ3v) is 3.00. The minimum atomic E-state index is -0.957. The predicted molar refractivity (Wildman–Crippen MR) is 67.6 cm³/mol. The van der Waals surface area contributed by atoms with Crippen molar-refractivity contribution in [1.82, 2.24) is 9.38 Å². The molecule has 1 N–H and O–H groups in total. The highest BCUT2D eigenvalue weighted by molar-refractivity contribution is 9.10. The van der Waals surface area contributed by atoms with Crippen LogP contribution in [0, 0.1) is 0 Å². The molecule has 0 fully saturated rings. The number of aromatic nitrogens is 2. The van der Waals surface area contributed by atoms with Gasteiger partial charge in [-0.1, -0.05) is 0 Å². The minimum absolute atomic E-state index is 0.231. The van der Waals surface area contributed by atoms with Crippen LogP contribution in [0.15, 0.2) is 45.7 Å². The molecule has 0 amide bonds.